The first kappa shape index (κ1) is 9.51. The van der Waals surface area contributed by atoms with Gasteiger partial charge in [0.25, 0.3) is 0 Å². The Hall–Kier alpha value is -0.0400. The molecule has 1 heteroatoms. The monoisotopic (exact) mass is 182 g/mol. The Morgan fingerprint density at radius 1 is 0.923 bits per heavy atom. The van der Waals surface area contributed by atoms with Crippen LogP contribution in [-0.4, -0.2) is 11.2 Å². The molecule has 0 aromatic rings. The van der Waals surface area contributed by atoms with Gasteiger partial charge in [0.05, 0.1) is 6.10 Å². The first-order valence-corrected chi connectivity index (χ1v) is 5.85. The van der Waals surface area contributed by atoms with Gasteiger partial charge in [0.2, 0.25) is 0 Å². The van der Waals surface area contributed by atoms with Crippen LogP contribution in [0.5, 0.6) is 0 Å². The second-order valence-corrected chi connectivity index (χ2v) is 5.45. The van der Waals surface area contributed by atoms with Crippen molar-refractivity contribution >= 4 is 0 Å². The Labute approximate surface area is 81.5 Å². The van der Waals surface area contributed by atoms with Crippen molar-refractivity contribution in [2.24, 2.45) is 23.7 Å². The summed E-state index contributed by atoms with van der Waals surface area (Å²) in [4.78, 5) is 0. The largest absolute Gasteiger partial charge is 0.393 e. The van der Waals surface area contributed by atoms with Crippen molar-refractivity contribution in [1.29, 1.82) is 0 Å². The zero-order valence-corrected chi connectivity index (χ0v) is 8.87. The molecule has 2 fully saturated rings. The molecule has 0 aliphatic heterocycles. The van der Waals surface area contributed by atoms with Crippen molar-refractivity contribution < 1.29 is 5.11 Å². The van der Waals surface area contributed by atoms with Crippen LogP contribution >= 0.6 is 0 Å². The maximum atomic E-state index is 9.78. The molecule has 13 heavy (non-hydrogen) atoms. The Kier molecular flexibility index (Phi) is 2.64. The minimum atomic E-state index is -0.00495. The number of hydrogen-bond acceptors (Lipinski definition) is 1. The van der Waals surface area contributed by atoms with E-state index in [0.29, 0.717) is 5.92 Å². The number of hydrogen-bond donors (Lipinski definition) is 1. The summed E-state index contributed by atoms with van der Waals surface area (Å²) in [5.41, 5.74) is 0. The van der Waals surface area contributed by atoms with Gasteiger partial charge in [0.15, 0.2) is 0 Å². The van der Waals surface area contributed by atoms with Crippen LogP contribution in [-0.2, 0) is 0 Å². The van der Waals surface area contributed by atoms with Gasteiger partial charge >= 0.3 is 0 Å². The van der Waals surface area contributed by atoms with Crippen molar-refractivity contribution in [2.45, 2.75) is 52.1 Å². The molecule has 1 nitrogen and oxygen atoms in total. The predicted molar refractivity (Wildman–Crippen MR) is 54.4 cm³/mol. The van der Waals surface area contributed by atoms with Gasteiger partial charge in [-0.2, -0.15) is 0 Å². The summed E-state index contributed by atoms with van der Waals surface area (Å²) in [6.45, 7) is 4.59. The maximum Gasteiger partial charge on any atom is 0.0568 e. The van der Waals surface area contributed by atoms with Crippen LogP contribution in [0.4, 0.5) is 0 Å². The summed E-state index contributed by atoms with van der Waals surface area (Å²) in [5, 5.41) is 9.78. The Balaban J connectivity index is 1.98. The third-order valence-electron chi connectivity index (χ3n) is 4.28. The fourth-order valence-corrected chi connectivity index (χ4v) is 3.34. The average molecular weight is 182 g/mol. The molecule has 2 rings (SSSR count). The van der Waals surface area contributed by atoms with E-state index in [2.05, 4.69) is 13.8 Å². The highest BCUT2D eigenvalue weighted by Crippen LogP contribution is 2.44. The molecular weight excluding hydrogens is 160 g/mol. The summed E-state index contributed by atoms with van der Waals surface area (Å²) >= 11 is 0. The fraction of sp³-hybridized carbons (Fsp3) is 1.00. The van der Waals surface area contributed by atoms with Gasteiger partial charge in [-0.25, -0.2) is 0 Å². The zero-order chi connectivity index (χ0) is 9.42. The molecule has 0 aromatic heterocycles. The Morgan fingerprint density at radius 2 is 1.69 bits per heavy atom. The van der Waals surface area contributed by atoms with Gasteiger partial charge in [-0.15, -0.1) is 0 Å². The highest BCUT2D eigenvalue weighted by Gasteiger charge is 2.36. The molecule has 0 aromatic carbocycles. The van der Waals surface area contributed by atoms with Crippen LogP contribution in [0.3, 0.4) is 0 Å². The molecule has 0 amide bonds. The van der Waals surface area contributed by atoms with Gasteiger partial charge in [-0.3, -0.25) is 0 Å². The second kappa shape index (κ2) is 3.61. The normalized spacial score (nSPS) is 51.5. The van der Waals surface area contributed by atoms with Crippen LogP contribution in [0.2, 0.25) is 0 Å². The summed E-state index contributed by atoms with van der Waals surface area (Å²) in [6, 6.07) is 0. The second-order valence-electron chi connectivity index (χ2n) is 5.45. The predicted octanol–water partition coefficient (Wildman–Crippen LogP) is 2.83. The highest BCUT2D eigenvalue weighted by molar-refractivity contribution is 4.87. The van der Waals surface area contributed by atoms with E-state index >= 15 is 0 Å². The molecular formula is C12H22O. The lowest BCUT2D eigenvalue weighted by Gasteiger charge is -2.42. The highest BCUT2D eigenvalue weighted by atomic mass is 16.3. The van der Waals surface area contributed by atoms with Crippen LogP contribution in [0.25, 0.3) is 0 Å². The molecule has 2 saturated carbocycles. The van der Waals surface area contributed by atoms with Crippen LogP contribution in [0, 0.1) is 23.7 Å². The van der Waals surface area contributed by atoms with E-state index in [0.717, 1.165) is 24.2 Å². The summed E-state index contributed by atoms with van der Waals surface area (Å²) < 4.78 is 0. The van der Waals surface area contributed by atoms with E-state index in [1.807, 2.05) is 0 Å². The molecule has 5 unspecified atom stereocenters. The Morgan fingerprint density at radius 3 is 2.46 bits per heavy atom. The van der Waals surface area contributed by atoms with E-state index in [1.165, 1.54) is 25.7 Å². The minimum absolute atomic E-state index is 0.00495. The number of rotatable bonds is 0. The topological polar surface area (TPSA) is 20.2 Å². The van der Waals surface area contributed by atoms with Gasteiger partial charge in [0.1, 0.15) is 0 Å². The molecule has 2 aliphatic rings. The Bertz CT molecular complexity index is 178. The van der Waals surface area contributed by atoms with Crippen LogP contribution in [0.1, 0.15) is 46.0 Å². The molecule has 0 spiro atoms. The van der Waals surface area contributed by atoms with Crippen LogP contribution in [0.15, 0.2) is 0 Å². The summed E-state index contributed by atoms with van der Waals surface area (Å²) in [7, 11) is 0. The van der Waals surface area contributed by atoms with Crippen molar-refractivity contribution in [3.8, 4) is 0 Å². The smallest absolute Gasteiger partial charge is 0.0568 e. The standard InChI is InChI=1S/C12H22O/c1-8-3-4-10-7-12(13)9(2)6-11(10)5-8/h8-13H,3-7H2,1-2H3. The van der Waals surface area contributed by atoms with Gasteiger partial charge in [0, 0.05) is 0 Å². The van der Waals surface area contributed by atoms with Crippen molar-refractivity contribution in [3.63, 3.8) is 0 Å². The lowest BCUT2D eigenvalue weighted by Crippen LogP contribution is -2.37. The SMILES string of the molecule is CC1CCC2CC(O)C(C)CC2C1. The number of fused-ring (bicyclic) bond motifs is 1. The first-order valence-electron chi connectivity index (χ1n) is 5.85. The number of aliphatic hydroxyl groups excluding tert-OH is 1. The minimum Gasteiger partial charge on any atom is -0.393 e. The van der Waals surface area contributed by atoms with E-state index in [-0.39, 0.29) is 6.10 Å². The summed E-state index contributed by atoms with van der Waals surface area (Å²) in [6.07, 6.45) is 6.53. The molecule has 1 N–H and O–H groups in total. The van der Waals surface area contributed by atoms with Crippen molar-refractivity contribution in [1.82, 2.24) is 0 Å². The molecule has 0 saturated heterocycles. The van der Waals surface area contributed by atoms with Crippen molar-refractivity contribution in [2.75, 3.05) is 0 Å². The quantitative estimate of drug-likeness (QED) is 0.611. The van der Waals surface area contributed by atoms with E-state index in [4.69, 9.17) is 0 Å². The van der Waals surface area contributed by atoms with E-state index in [9.17, 15) is 5.11 Å². The lowest BCUT2D eigenvalue weighted by molar-refractivity contribution is -0.00156. The van der Waals surface area contributed by atoms with Crippen molar-refractivity contribution in [3.05, 3.63) is 0 Å². The first-order chi connectivity index (χ1) is 6.16. The third kappa shape index (κ3) is 1.90. The average Bonchev–Trinajstić information content (AvgIpc) is 2.08. The third-order valence-corrected chi connectivity index (χ3v) is 4.28. The maximum absolute atomic E-state index is 9.78. The molecule has 5 atom stereocenters. The van der Waals surface area contributed by atoms with Gasteiger partial charge < -0.3 is 5.11 Å². The van der Waals surface area contributed by atoms with E-state index < -0.39 is 0 Å². The number of aliphatic hydroxyl groups is 1. The molecule has 0 bridgehead atoms. The zero-order valence-electron chi connectivity index (χ0n) is 8.87. The molecule has 76 valence electrons. The summed E-state index contributed by atoms with van der Waals surface area (Å²) in [5.74, 6) is 3.26. The van der Waals surface area contributed by atoms with Gasteiger partial charge in [-0.05, 0) is 49.4 Å². The van der Waals surface area contributed by atoms with E-state index in [1.54, 1.807) is 0 Å². The molecule has 0 radical (unpaired) electrons. The van der Waals surface area contributed by atoms with Gasteiger partial charge in [-0.1, -0.05) is 20.3 Å². The van der Waals surface area contributed by atoms with Crippen LogP contribution < -0.4 is 0 Å². The fourth-order valence-electron chi connectivity index (χ4n) is 3.34. The molecule has 0 heterocycles. The lowest BCUT2D eigenvalue weighted by atomic mass is 9.64. The molecule has 2 aliphatic carbocycles.